The van der Waals surface area contributed by atoms with Crippen molar-refractivity contribution in [2.75, 3.05) is 13.6 Å². The summed E-state index contributed by atoms with van der Waals surface area (Å²) in [5, 5.41) is 0. The molecule has 1 fully saturated rings. The average Bonchev–Trinajstić information content (AvgIpc) is 2.13. The molecule has 1 aliphatic rings. The summed E-state index contributed by atoms with van der Waals surface area (Å²) in [6.45, 7) is 0.848. The minimum atomic E-state index is -1.19. The fourth-order valence-electron chi connectivity index (χ4n) is 1.20. The summed E-state index contributed by atoms with van der Waals surface area (Å²) >= 11 is 0. The maximum Gasteiger partial charge on any atom is 0.318 e. The highest BCUT2D eigenvalue weighted by Crippen LogP contribution is 2.15. The fourth-order valence-corrected chi connectivity index (χ4v) is 1.20. The molecule has 0 aromatic heterocycles. The maximum absolute atomic E-state index is 12.0. The van der Waals surface area contributed by atoms with Gasteiger partial charge in [0.05, 0.1) is 0 Å². The van der Waals surface area contributed by atoms with Gasteiger partial charge in [0.2, 0.25) is 0 Å². The van der Waals surface area contributed by atoms with Crippen LogP contribution in [0.1, 0.15) is 12.8 Å². The third-order valence-corrected chi connectivity index (χ3v) is 1.78. The molecule has 1 aliphatic heterocycles. The zero-order chi connectivity index (χ0) is 6.85. The van der Waals surface area contributed by atoms with Crippen molar-refractivity contribution in [1.29, 1.82) is 0 Å². The lowest BCUT2D eigenvalue weighted by atomic mass is 10.2. The molecular weight excluding hydrogens is 121 g/mol. The summed E-state index contributed by atoms with van der Waals surface area (Å²) in [5.74, 6) is 0. The monoisotopic (exact) mass is 131 g/mol. The van der Waals surface area contributed by atoms with Crippen LogP contribution in [0.25, 0.3) is 0 Å². The number of rotatable bonds is 1. The number of carbonyl (C=O) groups is 1. The van der Waals surface area contributed by atoms with E-state index in [0.717, 1.165) is 13.0 Å². The Balaban J connectivity index is 2.49. The van der Waals surface area contributed by atoms with E-state index in [1.807, 2.05) is 0 Å². The van der Waals surface area contributed by atoms with E-state index in [1.165, 1.54) is 0 Å². The first-order chi connectivity index (χ1) is 4.22. The Morgan fingerprint density at radius 2 is 2.44 bits per heavy atom. The number of nitrogens with zero attached hydrogens (tertiary/aromatic N) is 1. The number of likely N-dealkylation sites (N-methyl/N-ethyl adjacent to an activating group) is 1. The van der Waals surface area contributed by atoms with E-state index in [1.54, 1.807) is 11.9 Å². The maximum atomic E-state index is 12.0. The molecule has 1 saturated heterocycles. The van der Waals surface area contributed by atoms with Gasteiger partial charge >= 0.3 is 6.04 Å². The van der Waals surface area contributed by atoms with E-state index in [2.05, 4.69) is 0 Å². The summed E-state index contributed by atoms with van der Waals surface area (Å²) in [5.41, 5.74) is 0. The van der Waals surface area contributed by atoms with Crippen LogP contribution in [0.5, 0.6) is 0 Å². The lowest BCUT2D eigenvalue weighted by molar-refractivity contribution is -0.133. The van der Waals surface area contributed by atoms with Crippen LogP contribution in [-0.4, -0.2) is 30.6 Å². The van der Waals surface area contributed by atoms with Gasteiger partial charge in [-0.3, -0.25) is 9.69 Å². The molecule has 0 saturated carbocycles. The van der Waals surface area contributed by atoms with E-state index in [4.69, 9.17) is 0 Å². The molecule has 0 amide bonds. The lowest BCUT2D eigenvalue weighted by Crippen LogP contribution is -2.30. The van der Waals surface area contributed by atoms with Crippen molar-refractivity contribution in [1.82, 2.24) is 4.90 Å². The first-order valence-corrected chi connectivity index (χ1v) is 3.11. The van der Waals surface area contributed by atoms with Crippen LogP contribution in [0.4, 0.5) is 4.39 Å². The molecule has 0 spiro atoms. The molecule has 0 radical (unpaired) electrons. The Labute approximate surface area is 53.6 Å². The van der Waals surface area contributed by atoms with Crippen molar-refractivity contribution in [2.24, 2.45) is 0 Å². The van der Waals surface area contributed by atoms with Crippen LogP contribution in [0.3, 0.4) is 0 Å². The summed E-state index contributed by atoms with van der Waals surface area (Å²) < 4.78 is 12.0. The predicted octanol–water partition coefficient (Wildman–Crippen LogP) is 0.577. The molecule has 1 rings (SSSR count). The quantitative estimate of drug-likeness (QED) is 0.485. The molecule has 1 heterocycles. The Morgan fingerprint density at radius 3 is 2.67 bits per heavy atom. The lowest BCUT2D eigenvalue weighted by Gasteiger charge is -2.12. The van der Waals surface area contributed by atoms with E-state index in [9.17, 15) is 9.18 Å². The molecule has 0 N–H and O–H groups in total. The normalized spacial score (nSPS) is 28.9. The topological polar surface area (TPSA) is 20.3 Å². The second-order valence-electron chi connectivity index (χ2n) is 2.44. The first-order valence-electron chi connectivity index (χ1n) is 3.11. The number of carbonyl (C=O) groups excluding carboxylic acids is 1. The van der Waals surface area contributed by atoms with Gasteiger partial charge in [0, 0.05) is 0 Å². The number of hydrogen-bond donors (Lipinski definition) is 0. The van der Waals surface area contributed by atoms with Gasteiger partial charge in [0.15, 0.2) is 0 Å². The number of halogens is 1. The van der Waals surface area contributed by atoms with Crippen molar-refractivity contribution in [2.45, 2.75) is 18.9 Å². The van der Waals surface area contributed by atoms with E-state index in [-0.39, 0.29) is 0 Å². The number of likely N-dealkylation sites (tertiary alicyclic amines) is 1. The SMILES string of the molecule is CN1CCCC1C(=O)F. The van der Waals surface area contributed by atoms with Crippen LogP contribution >= 0.6 is 0 Å². The van der Waals surface area contributed by atoms with Crippen molar-refractivity contribution in [3.8, 4) is 0 Å². The Kier molecular flexibility index (Phi) is 1.81. The minimum absolute atomic E-state index is 0.440. The fraction of sp³-hybridized carbons (Fsp3) is 0.833. The number of hydrogen-bond acceptors (Lipinski definition) is 2. The van der Waals surface area contributed by atoms with Crippen molar-refractivity contribution in [3.05, 3.63) is 0 Å². The van der Waals surface area contributed by atoms with Gasteiger partial charge in [-0.25, -0.2) is 0 Å². The van der Waals surface area contributed by atoms with Gasteiger partial charge in [-0.05, 0) is 26.4 Å². The summed E-state index contributed by atoms with van der Waals surface area (Å²) in [6, 6.07) is -1.62. The molecule has 3 heteroatoms. The average molecular weight is 131 g/mol. The predicted molar refractivity (Wildman–Crippen MR) is 31.8 cm³/mol. The molecule has 0 aromatic carbocycles. The molecule has 52 valence electrons. The molecular formula is C6H10FNO. The Morgan fingerprint density at radius 1 is 1.78 bits per heavy atom. The highest BCUT2D eigenvalue weighted by molar-refractivity contribution is 5.74. The summed E-state index contributed by atoms with van der Waals surface area (Å²) in [4.78, 5) is 11.9. The second-order valence-corrected chi connectivity index (χ2v) is 2.44. The summed E-state index contributed by atoms with van der Waals surface area (Å²) in [6.07, 6.45) is 1.63. The highest BCUT2D eigenvalue weighted by atomic mass is 19.1. The van der Waals surface area contributed by atoms with Crippen molar-refractivity contribution < 1.29 is 9.18 Å². The smallest absolute Gasteiger partial charge is 0.294 e. The summed E-state index contributed by atoms with van der Waals surface area (Å²) in [7, 11) is 1.77. The van der Waals surface area contributed by atoms with Gasteiger partial charge in [-0.15, -0.1) is 0 Å². The largest absolute Gasteiger partial charge is 0.318 e. The molecule has 0 aromatic rings. The minimum Gasteiger partial charge on any atom is -0.294 e. The molecule has 1 unspecified atom stereocenters. The molecule has 2 nitrogen and oxygen atoms in total. The third kappa shape index (κ3) is 1.27. The van der Waals surface area contributed by atoms with Crippen LogP contribution in [0.15, 0.2) is 0 Å². The molecule has 9 heavy (non-hydrogen) atoms. The molecule has 1 atom stereocenters. The van der Waals surface area contributed by atoms with Crippen LogP contribution < -0.4 is 0 Å². The first kappa shape index (κ1) is 6.68. The van der Waals surface area contributed by atoms with Crippen molar-refractivity contribution in [3.63, 3.8) is 0 Å². The van der Waals surface area contributed by atoms with Crippen LogP contribution in [-0.2, 0) is 4.79 Å². The third-order valence-electron chi connectivity index (χ3n) is 1.78. The molecule has 0 bridgehead atoms. The van der Waals surface area contributed by atoms with Crippen LogP contribution in [0, 0.1) is 0 Å². The van der Waals surface area contributed by atoms with Gasteiger partial charge in [0.1, 0.15) is 6.04 Å². The van der Waals surface area contributed by atoms with E-state index in [0.29, 0.717) is 6.42 Å². The molecule has 0 aliphatic carbocycles. The van der Waals surface area contributed by atoms with Gasteiger partial charge in [0.25, 0.3) is 0 Å². The van der Waals surface area contributed by atoms with E-state index >= 15 is 0 Å². The standard InChI is InChI=1S/C6H10FNO/c1-8-4-2-3-5(8)6(7)9/h5H,2-4H2,1H3. The zero-order valence-corrected chi connectivity index (χ0v) is 5.43. The van der Waals surface area contributed by atoms with E-state index < -0.39 is 12.1 Å². The van der Waals surface area contributed by atoms with Crippen molar-refractivity contribution >= 4 is 6.04 Å². The van der Waals surface area contributed by atoms with Crippen LogP contribution in [0.2, 0.25) is 0 Å². The van der Waals surface area contributed by atoms with Gasteiger partial charge < -0.3 is 0 Å². The van der Waals surface area contributed by atoms with Gasteiger partial charge in [-0.2, -0.15) is 4.39 Å². The second kappa shape index (κ2) is 2.43. The Hall–Kier alpha value is -0.440. The zero-order valence-electron chi connectivity index (χ0n) is 5.43. The Bertz CT molecular complexity index is 126. The van der Waals surface area contributed by atoms with Gasteiger partial charge in [-0.1, -0.05) is 0 Å². The highest BCUT2D eigenvalue weighted by Gasteiger charge is 2.27.